The van der Waals surface area contributed by atoms with Gasteiger partial charge < -0.3 is 10.2 Å². The maximum Gasteiger partial charge on any atom is 0.00851 e. The molecule has 1 N–H and O–H groups in total. The molecule has 0 fully saturated rings. The Balaban J connectivity index is 1.86. The van der Waals surface area contributed by atoms with E-state index in [0.717, 1.165) is 12.5 Å². The van der Waals surface area contributed by atoms with Crippen molar-refractivity contribution in [1.82, 2.24) is 10.2 Å². The van der Waals surface area contributed by atoms with Gasteiger partial charge in [-0.15, -0.1) is 0 Å². The molecule has 0 bridgehead atoms. The summed E-state index contributed by atoms with van der Waals surface area (Å²) in [6.07, 6.45) is 5.05. The van der Waals surface area contributed by atoms with Gasteiger partial charge in [0.2, 0.25) is 0 Å². The van der Waals surface area contributed by atoms with Gasteiger partial charge in [0.15, 0.2) is 0 Å². The largest absolute Gasteiger partial charge is 0.314 e. The van der Waals surface area contributed by atoms with E-state index in [-0.39, 0.29) is 0 Å². The van der Waals surface area contributed by atoms with E-state index in [1.54, 1.807) is 11.1 Å². The van der Waals surface area contributed by atoms with Crippen LogP contribution >= 0.6 is 0 Å². The summed E-state index contributed by atoms with van der Waals surface area (Å²) >= 11 is 0. The molecule has 106 valence electrons. The third-order valence-corrected chi connectivity index (χ3v) is 4.14. The molecule has 0 saturated heterocycles. The minimum Gasteiger partial charge on any atom is -0.314 e. The minimum atomic E-state index is 0.667. The predicted octanol–water partition coefficient (Wildman–Crippen LogP) is 3.04. The summed E-state index contributed by atoms with van der Waals surface area (Å²) < 4.78 is 0. The van der Waals surface area contributed by atoms with Crippen LogP contribution in [0.2, 0.25) is 0 Å². The maximum atomic E-state index is 3.73. The molecule has 1 aliphatic rings. The van der Waals surface area contributed by atoms with Crippen LogP contribution in [0.1, 0.15) is 43.2 Å². The first-order chi connectivity index (χ1) is 9.20. The summed E-state index contributed by atoms with van der Waals surface area (Å²) in [5.74, 6) is 0.785. The van der Waals surface area contributed by atoms with Crippen LogP contribution in [0.15, 0.2) is 24.3 Å². The van der Waals surface area contributed by atoms with Gasteiger partial charge >= 0.3 is 0 Å². The van der Waals surface area contributed by atoms with Crippen LogP contribution in [-0.2, 0) is 6.42 Å². The number of nitrogens with one attached hydrogen (secondary N) is 1. The Kier molecular flexibility index (Phi) is 5.41. The molecule has 0 radical (unpaired) electrons. The van der Waals surface area contributed by atoms with Crippen LogP contribution in [0.3, 0.4) is 0 Å². The van der Waals surface area contributed by atoms with Crippen LogP contribution in [0.5, 0.6) is 0 Å². The maximum absolute atomic E-state index is 3.73. The first-order valence-electron chi connectivity index (χ1n) is 7.66. The Morgan fingerprint density at radius 2 is 2.11 bits per heavy atom. The van der Waals surface area contributed by atoms with Crippen molar-refractivity contribution in [3.8, 4) is 0 Å². The molecule has 1 aliphatic carbocycles. The van der Waals surface area contributed by atoms with Crippen LogP contribution in [0.25, 0.3) is 0 Å². The second-order valence-corrected chi connectivity index (χ2v) is 6.08. The van der Waals surface area contributed by atoms with E-state index in [1.807, 2.05) is 0 Å². The van der Waals surface area contributed by atoms with E-state index in [1.165, 1.54) is 32.2 Å². The molecule has 0 saturated carbocycles. The highest BCUT2D eigenvalue weighted by atomic mass is 15.1. The van der Waals surface area contributed by atoms with Crippen molar-refractivity contribution in [2.75, 3.05) is 27.2 Å². The van der Waals surface area contributed by atoms with Gasteiger partial charge in [-0.1, -0.05) is 31.2 Å². The molecule has 2 nitrogen and oxygen atoms in total. The Labute approximate surface area is 118 Å². The molecule has 2 unspecified atom stereocenters. The summed E-state index contributed by atoms with van der Waals surface area (Å²) in [5, 5.41) is 3.73. The van der Waals surface area contributed by atoms with E-state index in [9.17, 15) is 0 Å². The van der Waals surface area contributed by atoms with Gasteiger partial charge in [-0.2, -0.15) is 0 Å². The molecule has 2 atom stereocenters. The fourth-order valence-corrected chi connectivity index (χ4v) is 2.98. The third-order valence-electron chi connectivity index (χ3n) is 4.14. The quantitative estimate of drug-likeness (QED) is 0.773. The van der Waals surface area contributed by atoms with Gasteiger partial charge in [0.25, 0.3) is 0 Å². The first-order valence-corrected chi connectivity index (χ1v) is 7.66. The lowest BCUT2D eigenvalue weighted by molar-refractivity contribution is 0.331. The van der Waals surface area contributed by atoms with Gasteiger partial charge in [-0.05, 0) is 69.9 Å². The zero-order valence-corrected chi connectivity index (χ0v) is 12.7. The second-order valence-electron chi connectivity index (χ2n) is 6.08. The van der Waals surface area contributed by atoms with Crippen molar-refractivity contribution in [3.05, 3.63) is 35.4 Å². The van der Waals surface area contributed by atoms with Crippen molar-refractivity contribution < 1.29 is 0 Å². The Morgan fingerprint density at radius 3 is 2.79 bits per heavy atom. The van der Waals surface area contributed by atoms with Crippen LogP contribution in [0.4, 0.5) is 0 Å². The Morgan fingerprint density at radius 1 is 1.32 bits per heavy atom. The number of nitrogens with zero attached hydrogens (tertiary/aromatic N) is 1. The lowest BCUT2D eigenvalue weighted by atomic mass is 9.74. The summed E-state index contributed by atoms with van der Waals surface area (Å²) in [6.45, 7) is 4.57. The van der Waals surface area contributed by atoms with Crippen molar-refractivity contribution in [2.24, 2.45) is 0 Å². The molecular formula is C17H28N2. The van der Waals surface area contributed by atoms with E-state index < -0.39 is 0 Å². The number of fused-ring (bicyclic) bond motifs is 1. The lowest BCUT2D eigenvalue weighted by Gasteiger charge is -2.33. The van der Waals surface area contributed by atoms with E-state index in [2.05, 4.69) is 55.5 Å². The fourth-order valence-electron chi connectivity index (χ4n) is 2.98. The molecule has 1 aromatic carbocycles. The standard InChI is InChI=1S/C17H28N2/c1-4-10-18-16(9-11-19(2)3)13-15-12-14-7-5-6-8-17(14)15/h5-8,15-16,18H,4,9-13H2,1-3H3. The second kappa shape index (κ2) is 7.06. The van der Waals surface area contributed by atoms with Gasteiger partial charge in [-0.25, -0.2) is 0 Å². The average Bonchev–Trinajstić information content (AvgIpc) is 2.38. The van der Waals surface area contributed by atoms with Crippen LogP contribution < -0.4 is 5.32 Å². The molecule has 0 spiro atoms. The molecule has 2 heteroatoms. The molecule has 0 aliphatic heterocycles. The zero-order valence-electron chi connectivity index (χ0n) is 12.7. The SMILES string of the molecule is CCCNC(CCN(C)C)CC1Cc2ccccc21. The van der Waals surface area contributed by atoms with Gasteiger partial charge in [0.1, 0.15) is 0 Å². The van der Waals surface area contributed by atoms with Crippen molar-refractivity contribution in [1.29, 1.82) is 0 Å². The molecular weight excluding hydrogens is 232 g/mol. The third kappa shape index (κ3) is 4.05. The van der Waals surface area contributed by atoms with Gasteiger partial charge in [-0.3, -0.25) is 0 Å². The summed E-state index contributed by atoms with van der Waals surface area (Å²) in [5.41, 5.74) is 3.16. The summed E-state index contributed by atoms with van der Waals surface area (Å²) in [6, 6.07) is 9.60. The monoisotopic (exact) mass is 260 g/mol. The molecule has 2 rings (SSSR count). The topological polar surface area (TPSA) is 15.3 Å². The van der Waals surface area contributed by atoms with Crippen LogP contribution in [0, 0.1) is 0 Å². The fraction of sp³-hybridized carbons (Fsp3) is 0.647. The van der Waals surface area contributed by atoms with Crippen molar-refractivity contribution in [3.63, 3.8) is 0 Å². The number of benzene rings is 1. The van der Waals surface area contributed by atoms with Crippen LogP contribution in [-0.4, -0.2) is 38.1 Å². The van der Waals surface area contributed by atoms with Crippen molar-refractivity contribution in [2.45, 2.75) is 44.6 Å². The summed E-state index contributed by atoms with van der Waals surface area (Å²) in [4.78, 5) is 2.29. The molecule has 0 amide bonds. The highest BCUT2D eigenvalue weighted by Gasteiger charge is 2.27. The lowest BCUT2D eigenvalue weighted by Crippen LogP contribution is -2.36. The number of hydrogen-bond acceptors (Lipinski definition) is 2. The Bertz CT molecular complexity index is 387. The van der Waals surface area contributed by atoms with Gasteiger partial charge in [0, 0.05) is 6.04 Å². The highest BCUT2D eigenvalue weighted by molar-refractivity contribution is 5.39. The molecule has 0 aromatic heterocycles. The Hall–Kier alpha value is -0.860. The number of hydrogen-bond donors (Lipinski definition) is 1. The minimum absolute atomic E-state index is 0.667. The van der Waals surface area contributed by atoms with Crippen molar-refractivity contribution >= 4 is 0 Å². The summed E-state index contributed by atoms with van der Waals surface area (Å²) in [7, 11) is 4.32. The molecule has 0 heterocycles. The number of rotatable bonds is 8. The predicted molar refractivity (Wildman–Crippen MR) is 82.8 cm³/mol. The normalized spacial score (nSPS) is 19.1. The average molecular weight is 260 g/mol. The highest BCUT2D eigenvalue weighted by Crippen LogP contribution is 2.38. The van der Waals surface area contributed by atoms with E-state index >= 15 is 0 Å². The van der Waals surface area contributed by atoms with Gasteiger partial charge in [0.05, 0.1) is 0 Å². The molecule has 1 aromatic rings. The van der Waals surface area contributed by atoms with E-state index in [4.69, 9.17) is 0 Å². The zero-order chi connectivity index (χ0) is 13.7. The smallest absolute Gasteiger partial charge is 0.00851 e. The first kappa shape index (κ1) is 14.5. The van der Waals surface area contributed by atoms with E-state index in [0.29, 0.717) is 6.04 Å². The molecule has 19 heavy (non-hydrogen) atoms.